The van der Waals surface area contributed by atoms with Crippen molar-refractivity contribution in [2.24, 2.45) is 0 Å². The molecule has 1 aliphatic rings. The second-order valence-corrected chi connectivity index (χ2v) is 6.27. The quantitative estimate of drug-likeness (QED) is 0.928. The molecule has 1 aromatic carbocycles. The first-order chi connectivity index (χ1) is 9.58. The predicted molar refractivity (Wildman–Crippen MR) is 80.3 cm³/mol. The van der Waals surface area contributed by atoms with Gasteiger partial charge in [0.15, 0.2) is 0 Å². The van der Waals surface area contributed by atoms with E-state index in [-0.39, 0.29) is 12.6 Å². The van der Waals surface area contributed by atoms with E-state index in [2.05, 4.69) is 6.92 Å². The molecule has 2 rings (SSSR count). The molecule has 0 aliphatic carbocycles. The SMILES string of the molecule is CC1CN(C(=O)N(CC(=O)O)c2ccccc2)CCS1. The second kappa shape index (κ2) is 6.65. The Labute approximate surface area is 122 Å². The molecule has 5 nitrogen and oxygen atoms in total. The number of carboxylic acids is 1. The first-order valence-corrected chi connectivity index (χ1v) is 7.57. The average molecular weight is 294 g/mol. The third-order valence-corrected chi connectivity index (χ3v) is 4.24. The van der Waals surface area contributed by atoms with Crippen molar-refractivity contribution in [3.8, 4) is 0 Å². The molecule has 20 heavy (non-hydrogen) atoms. The van der Waals surface area contributed by atoms with Crippen LogP contribution in [-0.2, 0) is 4.79 Å². The van der Waals surface area contributed by atoms with Gasteiger partial charge in [-0.2, -0.15) is 11.8 Å². The topological polar surface area (TPSA) is 60.9 Å². The first kappa shape index (κ1) is 14.7. The Bertz CT molecular complexity index is 481. The molecule has 1 N–H and O–H groups in total. The van der Waals surface area contributed by atoms with E-state index in [1.54, 1.807) is 29.2 Å². The van der Waals surface area contributed by atoms with E-state index in [4.69, 9.17) is 5.11 Å². The van der Waals surface area contributed by atoms with Gasteiger partial charge in [0.1, 0.15) is 6.54 Å². The lowest BCUT2D eigenvalue weighted by molar-refractivity contribution is -0.135. The summed E-state index contributed by atoms with van der Waals surface area (Å²) in [5.74, 6) is -0.121. The molecule has 1 aliphatic heterocycles. The Kier molecular flexibility index (Phi) is 4.89. The van der Waals surface area contributed by atoms with Crippen molar-refractivity contribution in [2.45, 2.75) is 12.2 Å². The predicted octanol–water partition coefficient (Wildman–Crippen LogP) is 2.13. The molecular weight excluding hydrogens is 276 g/mol. The molecule has 1 aromatic rings. The van der Waals surface area contributed by atoms with Gasteiger partial charge in [0, 0.05) is 29.8 Å². The maximum atomic E-state index is 12.6. The van der Waals surface area contributed by atoms with Crippen molar-refractivity contribution in [2.75, 3.05) is 30.3 Å². The van der Waals surface area contributed by atoms with Gasteiger partial charge >= 0.3 is 12.0 Å². The fourth-order valence-corrected chi connectivity index (χ4v) is 3.19. The molecular formula is C14H18N2O3S. The van der Waals surface area contributed by atoms with Crippen LogP contribution in [0, 0.1) is 0 Å². The van der Waals surface area contributed by atoms with Gasteiger partial charge < -0.3 is 10.0 Å². The van der Waals surface area contributed by atoms with Gasteiger partial charge in [0.25, 0.3) is 0 Å². The lowest BCUT2D eigenvalue weighted by Crippen LogP contribution is -2.50. The summed E-state index contributed by atoms with van der Waals surface area (Å²) in [6, 6.07) is 8.71. The number of amides is 2. The summed E-state index contributed by atoms with van der Waals surface area (Å²) in [5.41, 5.74) is 0.616. The zero-order valence-corrected chi connectivity index (χ0v) is 12.2. The van der Waals surface area contributed by atoms with Crippen LogP contribution in [0.1, 0.15) is 6.92 Å². The first-order valence-electron chi connectivity index (χ1n) is 6.53. The summed E-state index contributed by atoms with van der Waals surface area (Å²) in [6.45, 7) is 3.08. The zero-order chi connectivity index (χ0) is 14.5. The van der Waals surface area contributed by atoms with Gasteiger partial charge in [-0.15, -0.1) is 0 Å². The second-order valence-electron chi connectivity index (χ2n) is 4.73. The molecule has 0 radical (unpaired) electrons. The van der Waals surface area contributed by atoms with Gasteiger partial charge in [-0.1, -0.05) is 25.1 Å². The van der Waals surface area contributed by atoms with Gasteiger partial charge in [0.05, 0.1) is 0 Å². The van der Waals surface area contributed by atoms with E-state index < -0.39 is 5.97 Å². The van der Waals surface area contributed by atoms with E-state index in [0.717, 1.165) is 5.75 Å². The van der Waals surface area contributed by atoms with E-state index in [1.807, 2.05) is 17.8 Å². The fourth-order valence-electron chi connectivity index (χ4n) is 2.18. The summed E-state index contributed by atoms with van der Waals surface area (Å²) >= 11 is 1.83. The van der Waals surface area contributed by atoms with Crippen LogP contribution in [0.4, 0.5) is 10.5 Å². The highest BCUT2D eigenvalue weighted by molar-refractivity contribution is 7.99. The number of carboxylic acid groups (broad SMARTS) is 1. The maximum absolute atomic E-state index is 12.6. The van der Waals surface area contributed by atoms with Crippen molar-refractivity contribution in [1.29, 1.82) is 0 Å². The standard InChI is InChI=1S/C14H18N2O3S/c1-11-9-15(7-8-20-11)14(19)16(10-13(17)18)12-5-3-2-4-6-12/h2-6,11H,7-10H2,1H3,(H,17,18). The Hall–Kier alpha value is -1.69. The number of urea groups is 1. The number of rotatable bonds is 3. The smallest absolute Gasteiger partial charge is 0.325 e. The Morgan fingerprint density at radius 1 is 1.40 bits per heavy atom. The Morgan fingerprint density at radius 2 is 2.10 bits per heavy atom. The Morgan fingerprint density at radius 3 is 2.70 bits per heavy atom. The highest BCUT2D eigenvalue weighted by Gasteiger charge is 2.27. The third-order valence-electron chi connectivity index (χ3n) is 3.10. The molecule has 1 fully saturated rings. The molecule has 0 spiro atoms. The highest BCUT2D eigenvalue weighted by atomic mass is 32.2. The van der Waals surface area contributed by atoms with Crippen LogP contribution in [0.25, 0.3) is 0 Å². The minimum absolute atomic E-state index is 0.231. The van der Waals surface area contributed by atoms with Crippen LogP contribution in [0.5, 0.6) is 0 Å². The third kappa shape index (κ3) is 3.66. The average Bonchev–Trinajstić information content (AvgIpc) is 2.45. The molecule has 6 heteroatoms. The van der Waals surface area contributed by atoms with Crippen LogP contribution >= 0.6 is 11.8 Å². The van der Waals surface area contributed by atoms with Crippen LogP contribution < -0.4 is 4.90 Å². The molecule has 1 heterocycles. The highest BCUT2D eigenvalue weighted by Crippen LogP contribution is 2.21. The molecule has 0 saturated carbocycles. The number of carbonyl (C=O) groups is 2. The summed E-state index contributed by atoms with van der Waals surface area (Å²) in [6.07, 6.45) is 0. The summed E-state index contributed by atoms with van der Waals surface area (Å²) in [7, 11) is 0. The van der Waals surface area contributed by atoms with Crippen LogP contribution in [-0.4, -0.2) is 52.6 Å². The van der Waals surface area contributed by atoms with E-state index in [9.17, 15) is 9.59 Å². The minimum Gasteiger partial charge on any atom is -0.480 e. The summed E-state index contributed by atoms with van der Waals surface area (Å²) in [5, 5.41) is 9.41. The van der Waals surface area contributed by atoms with Gasteiger partial charge in [0.2, 0.25) is 0 Å². The maximum Gasteiger partial charge on any atom is 0.325 e. The van der Waals surface area contributed by atoms with Crippen molar-refractivity contribution in [3.63, 3.8) is 0 Å². The number of hydrogen-bond donors (Lipinski definition) is 1. The number of para-hydroxylation sites is 1. The van der Waals surface area contributed by atoms with Crippen LogP contribution in [0.3, 0.4) is 0 Å². The number of nitrogens with zero attached hydrogens (tertiary/aromatic N) is 2. The molecule has 0 bridgehead atoms. The zero-order valence-electron chi connectivity index (χ0n) is 11.4. The molecule has 1 atom stereocenters. The van der Waals surface area contributed by atoms with Crippen LogP contribution in [0.15, 0.2) is 30.3 Å². The lowest BCUT2D eigenvalue weighted by atomic mass is 10.3. The lowest BCUT2D eigenvalue weighted by Gasteiger charge is -2.34. The van der Waals surface area contributed by atoms with Gasteiger partial charge in [-0.05, 0) is 12.1 Å². The molecule has 1 saturated heterocycles. The van der Waals surface area contributed by atoms with Crippen LogP contribution in [0.2, 0.25) is 0 Å². The number of carbonyl (C=O) groups excluding carboxylic acids is 1. The largest absolute Gasteiger partial charge is 0.480 e. The van der Waals surface area contributed by atoms with Crippen molar-refractivity contribution in [3.05, 3.63) is 30.3 Å². The molecule has 0 aromatic heterocycles. The van der Waals surface area contributed by atoms with E-state index >= 15 is 0 Å². The number of thioether (sulfide) groups is 1. The van der Waals surface area contributed by atoms with Crippen molar-refractivity contribution < 1.29 is 14.7 Å². The summed E-state index contributed by atoms with van der Waals surface area (Å²) < 4.78 is 0. The van der Waals surface area contributed by atoms with E-state index in [0.29, 0.717) is 24.0 Å². The molecule has 1 unspecified atom stereocenters. The van der Waals surface area contributed by atoms with Gasteiger partial charge in [-0.25, -0.2) is 4.79 Å². The summed E-state index contributed by atoms with van der Waals surface area (Å²) in [4.78, 5) is 26.6. The van der Waals surface area contributed by atoms with E-state index in [1.165, 1.54) is 4.90 Å². The van der Waals surface area contributed by atoms with Crippen molar-refractivity contribution >= 4 is 29.4 Å². The molecule has 108 valence electrons. The number of benzene rings is 1. The Balaban J connectivity index is 2.18. The number of aliphatic carboxylic acids is 1. The monoisotopic (exact) mass is 294 g/mol. The minimum atomic E-state index is -1.01. The van der Waals surface area contributed by atoms with Crippen molar-refractivity contribution in [1.82, 2.24) is 4.90 Å². The van der Waals surface area contributed by atoms with Gasteiger partial charge in [-0.3, -0.25) is 9.69 Å². The number of hydrogen-bond acceptors (Lipinski definition) is 3. The fraction of sp³-hybridized carbons (Fsp3) is 0.429. The normalized spacial score (nSPS) is 18.6. The molecule has 2 amide bonds. The number of anilines is 1.